The maximum absolute atomic E-state index is 11.7. The zero-order valence-electron chi connectivity index (χ0n) is 18.4. The van der Waals surface area contributed by atoms with Crippen molar-refractivity contribution in [3.8, 4) is 6.07 Å². The summed E-state index contributed by atoms with van der Waals surface area (Å²) < 4.78 is 5.14. The highest BCUT2D eigenvalue weighted by molar-refractivity contribution is 6.01. The Morgan fingerprint density at radius 2 is 2.19 bits per heavy atom. The fraction of sp³-hybridized carbons (Fsp3) is 0.360. The molecule has 0 spiro atoms. The number of carbonyl (C=O) groups is 1. The predicted molar refractivity (Wildman–Crippen MR) is 123 cm³/mol. The third-order valence-electron chi connectivity index (χ3n) is 6.12. The van der Waals surface area contributed by atoms with Crippen molar-refractivity contribution in [2.45, 2.75) is 39.7 Å². The lowest BCUT2D eigenvalue weighted by molar-refractivity contribution is 0.0535. The van der Waals surface area contributed by atoms with E-state index in [0.29, 0.717) is 41.7 Å². The van der Waals surface area contributed by atoms with Gasteiger partial charge in [-0.15, -0.1) is 0 Å². The minimum Gasteiger partial charge on any atom is -0.457 e. The number of aryl methyl sites for hydroxylation is 1. The zero-order chi connectivity index (χ0) is 22.7. The highest BCUT2D eigenvalue weighted by atomic mass is 16.5. The number of hydrogen-bond donors (Lipinski definition) is 3. The molecular weight excluding hydrogens is 402 g/mol. The number of cyclic esters (lactones) is 1. The van der Waals surface area contributed by atoms with E-state index in [-0.39, 0.29) is 5.97 Å². The van der Waals surface area contributed by atoms with Crippen LogP contribution in [0.4, 0.5) is 5.82 Å². The zero-order valence-corrected chi connectivity index (χ0v) is 18.4. The van der Waals surface area contributed by atoms with Gasteiger partial charge in [0.15, 0.2) is 0 Å². The molecule has 7 nitrogen and oxygen atoms in total. The van der Waals surface area contributed by atoms with Crippen LogP contribution >= 0.6 is 0 Å². The molecule has 0 saturated heterocycles. The molecule has 0 radical (unpaired) electrons. The van der Waals surface area contributed by atoms with Crippen LogP contribution in [0.2, 0.25) is 0 Å². The molecule has 0 amide bonds. The van der Waals surface area contributed by atoms with Crippen molar-refractivity contribution < 1.29 is 9.53 Å². The first kappa shape index (κ1) is 21.7. The topological polar surface area (TPSA) is 111 Å². The SMILES string of the molecule is Cc1cc(N/C=C(/CNCCc2ccc3c(c2C)COC3=O)C(=N)C2CC2)ncc1C#N. The maximum atomic E-state index is 11.7. The smallest absolute Gasteiger partial charge is 0.338 e. The first-order valence-corrected chi connectivity index (χ1v) is 10.9. The predicted octanol–water partition coefficient (Wildman–Crippen LogP) is 3.80. The number of fused-ring (bicyclic) bond motifs is 1. The summed E-state index contributed by atoms with van der Waals surface area (Å²) in [5.41, 5.74) is 7.02. The second kappa shape index (κ2) is 9.33. The monoisotopic (exact) mass is 429 g/mol. The number of carbonyl (C=O) groups excluding carboxylic acids is 1. The number of nitrogens with one attached hydrogen (secondary N) is 3. The van der Waals surface area contributed by atoms with Gasteiger partial charge in [-0.05, 0) is 68.5 Å². The van der Waals surface area contributed by atoms with Crippen LogP contribution in [0.1, 0.15) is 51.0 Å². The van der Waals surface area contributed by atoms with Crippen molar-refractivity contribution >= 4 is 17.5 Å². The Kier molecular flexibility index (Phi) is 6.33. The normalized spacial score (nSPS) is 15.2. The summed E-state index contributed by atoms with van der Waals surface area (Å²) in [6.45, 7) is 5.63. The molecule has 1 aromatic heterocycles. The summed E-state index contributed by atoms with van der Waals surface area (Å²) in [5.74, 6) is 0.769. The van der Waals surface area contributed by atoms with E-state index in [1.807, 2.05) is 38.2 Å². The number of rotatable bonds is 9. The van der Waals surface area contributed by atoms with Gasteiger partial charge in [0.1, 0.15) is 18.5 Å². The highest BCUT2D eigenvalue weighted by Gasteiger charge is 2.28. The molecule has 7 heteroatoms. The molecule has 1 aliphatic heterocycles. The molecular formula is C25H27N5O2. The van der Waals surface area contributed by atoms with Crippen LogP contribution in [0.3, 0.4) is 0 Å². The van der Waals surface area contributed by atoms with Crippen molar-refractivity contribution in [3.63, 3.8) is 0 Å². The van der Waals surface area contributed by atoms with Crippen LogP contribution in [-0.2, 0) is 17.8 Å². The summed E-state index contributed by atoms with van der Waals surface area (Å²) in [4.78, 5) is 16.0. The van der Waals surface area contributed by atoms with Gasteiger partial charge < -0.3 is 20.8 Å². The van der Waals surface area contributed by atoms with Gasteiger partial charge in [-0.25, -0.2) is 9.78 Å². The van der Waals surface area contributed by atoms with Crippen molar-refractivity contribution in [2.75, 3.05) is 18.4 Å². The van der Waals surface area contributed by atoms with E-state index in [1.165, 1.54) is 5.56 Å². The minimum atomic E-state index is -0.236. The molecule has 2 heterocycles. The van der Waals surface area contributed by atoms with Gasteiger partial charge in [0.2, 0.25) is 0 Å². The Balaban J connectivity index is 1.37. The fourth-order valence-corrected chi connectivity index (χ4v) is 3.89. The second-order valence-electron chi connectivity index (χ2n) is 8.38. The van der Waals surface area contributed by atoms with Crippen LogP contribution < -0.4 is 10.6 Å². The first-order chi connectivity index (χ1) is 15.5. The van der Waals surface area contributed by atoms with Gasteiger partial charge in [-0.3, -0.25) is 0 Å². The molecule has 0 atom stereocenters. The van der Waals surface area contributed by atoms with Gasteiger partial charge in [0.05, 0.1) is 11.1 Å². The van der Waals surface area contributed by atoms with Gasteiger partial charge >= 0.3 is 5.97 Å². The summed E-state index contributed by atoms with van der Waals surface area (Å²) in [7, 11) is 0. The molecule has 2 aromatic rings. The number of esters is 1. The molecule has 0 bridgehead atoms. The quantitative estimate of drug-likeness (QED) is 0.318. The van der Waals surface area contributed by atoms with Crippen molar-refractivity contribution in [1.82, 2.24) is 10.3 Å². The van der Waals surface area contributed by atoms with Gasteiger partial charge in [-0.2, -0.15) is 5.26 Å². The standard InChI is InChI=1S/C25H27N5O2/c1-15-9-23(29-12-19(15)10-26)30-13-20(24(27)18-3-4-18)11-28-8-7-17-5-6-21-22(16(17)2)14-32-25(21)31/h5-6,9,12-13,18,27-28H,3-4,7-8,11,14H2,1-2H3,(H,29,30)/b20-13-,27-24?. The lowest BCUT2D eigenvalue weighted by Crippen LogP contribution is -2.24. The van der Waals surface area contributed by atoms with Crippen LogP contribution in [0.15, 0.2) is 36.2 Å². The molecule has 2 aliphatic rings. The van der Waals surface area contributed by atoms with Crippen molar-refractivity contribution in [1.29, 1.82) is 10.7 Å². The van der Waals surface area contributed by atoms with E-state index in [9.17, 15) is 4.79 Å². The Labute approximate surface area is 188 Å². The molecule has 32 heavy (non-hydrogen) atoms. The average Bonchev–Trinajstić information content (AvgIpc) is 3.57. The number of nitriles is 1. The Hall–Kier alpha value is -3.50. The van der Waals surface area contributed by atoms with Gasteiger partial charge in [0.25, 0.3) is 0 Å². The Morgan fingerprint density at radius 1 is 1.38 bits per heavy atom. The van der Waals surface area contributed by atoms with Crippen LogP contribution in [0.5, 0.6) is 0 Å². The number of ether oxygens (including phenoxy) is 1. The number of pyridine rings is 1. The van der Waals surface area contributed by atoms with Gasteiger partial charge in [-0.1, -0.05) is 6.07 Å². The maximum Gasteiger partial charge on any atom is 0.338 e. The first-order valence-electron chi connectivity index (χ1n) is 10.9. The third-order valence-corrected chi connectivity index (χ3v) is 6.12. The average molecular weight is 430 g/mol. The molecule has 1 fully saturated rings. The van der Waals surface area contributed by atoms with E-state index >= 15 is 0 Å². The summed E-state index contributed by atoms with van der Waals surface area (Å²) in [6.07, 6.45) is 6.39. The molecule has 1 saturated carbocycles. The van der Waals surface area contributed by atoms with E-state index in [1.54, 1.807) is 6.20 Å². The third kappa shape index (κ3) is 4.71. The molecule has 0 unspecified atom stereocenters. The number of nitrogens with zero attached hydrogens (tertiary/aromatic N) is 2. The minimum absolute atomic E-state index is 0.236. The number of hydrogen-bond acceptors (Lipinski definition) is 7. The number of benzene rings is 1. The Bertz CT molecular complexity index is 1140. The molecule has 164 valence electrons. The molecule has 1 aromatic carbocycles. The molecule has 4 rings (SSSR count). The van der Waals surface area contributed by atoms with Crippen LogP contribution in [0, 0.1) is 36.5 Å². The lowest BCUT2D eigenvalue weighted by atomic mass is 9.97. The van der Waals surface area contributed by atoms with E-state index in [4.69, 9.17) is 15.4 Å². The van der Waals surface area contributed by atoms with E-state index < -0.39 is 0 Å². The summed E-state index contributed by atoms with van der Waals surface area (Å²) in [6, 6.07) is 7.83. The molecule has 1 aliphatic carbocycles. The lowest BCUT2D eigenvalue weighted by Gasteiger charge is -2.13. The summed E-state index contributed by atoms with van der Waals surface area (Å²) in [5, 5.41) is 24.2. The van der Waals surface area contributed by atoms with Crippen LogP contribution in [0.25, 0.3) is 0 Å². The number of anilines is 1. The largest absolute Gasteiger partial charge is 0.457 e. The summed E-state index contributed by atoms with van der Waals surface area (Å²) >= 11 is 0. The highest BCUT2D eigenvalue weighted by Crippen LogP contribution is 2.32. The van der Waals surface area contributed by atoms with Crippen molar-refractivity contribution in [3.05, 3.63) is 69.5 Å². The fourth-order valence-electron chi connectivity index (χ4n) is 3.89. The van der Waals surface area contributed by atoms with E-state index in [0.717, 1.165) is 48.1 Å². The Morgan fingerprint density at radius 3 is 2.91 bits per heavy atom. The second-order valence-corrected chi connectivity index (χ2v) is 8.38. The molecule has 3 N–H and O–H groups in total. The number of aromatic nitrogens is 1. The van der Waals surface area contributed by atoms with E-state index in [2.05, 4.69) is 21.7 Å². The van der Waals surface area contributed by atoms with Crippen molar-refractivity contribution in [2.24, 2.45) is 5.92 Å². The van der Waals surface area contributed by atoms with Gasteiger partial charge in [0, 0.05) is 41.7 Å². The van der Waals surface area contributed by atoms with Crippen LogP contribution in [-0.4, -0.2) is 29.8 Å².